The molecule has 0 atom stereocenters. The Bertz CT molecular complexity index is 917. The summed E-state index contributed by atoms with van der Waals surface area (Å²) in [6.45, 7) is 3.47. The number of carbonyl (C=O) groups excluding carboxylic acids is 3. The van der Waals surface area contributed by atoms with Gasteiger partial charge in [0.15, 0.2) is 0 Å². The SMILES string of the molecule is Cc1ccnc(CC(=O)N2CCC3(CCc4cccc(Cl)c4O3)CC2)c1.O=C=O. The Hall–Kier alpha value is -2.69. The fraction of sp³-hybridized carbons (Fsp3) is 0.409. The number of benzene rings is 1. The molecular formula is C22H23ClN2O4. The second kappa shape index (κ2) is 9.21. The number of ether oxygens (including phenoxy) is 1. The molecule has 0 bridgehead atoms. The van der Waals surface area contributed by atoms with Crippen molar-refractivity contribution in [2.24, 2.45) is 0 Å². The third-order valence-electron chi connectivity index (χ3n) is 5.55. The minimum Gasteiger partial charge on any atom is -0.485 e. The van der Waals surface area contributed by atoms with E-state index in [0.717, 1.165) is 55.8 Å². The van der Waals surface area contributed by atoms with Crippen LogP contribution in [0.3, 0.4) is 0 Å². The van der Waals surface area contributed by atoms with Crippen molar-refractivity contribution in [3.05, 3.63) is 58.4 Å². The molecule has 6 nitrogen and oxygen atoms in total. The quantitative estimate of drug-likeness (QED) is 0.752. The molecule has 2 aliphatic rings. The van der Waals surface area contributed by atoms with Crippen LogP contribution in [0.5, 0.6) is 5.75 Å². The molecule has 0 aliphatic carbocycles. The van der Waals surface area contributed by atoms with Crippen LogP contribution >= 0.6 is 11.6 Å². The summed E-state index contributed by atoms with van der Waals surface area (Å²) in [7, 11) is 0. The summed E-state index contributed by atoms with van der Waals surface area (Å²) in [5.74, 6) is 0.983. The number of rotatable bonds is 2. The average Bonchev–Trinajstić information content (AvgIpc) is 2.70. The molecule has 0 N–H and O–H groups in total. The van der Waals surface area contributed by atoms with Gasteiger partial charge in [-0.3, -0.25) is 9.78 Å². The van der Waals surface area contributed by atoms with Crippen molar-refractivity contribution >= 4 is 23.7 Å². The number of fused-ring (bicyclic) bond motifs is 1. The van der Waals surface area contributed by atoms with Crippen molar-refractivity contribution in [2.75, 3.05) is 13.1 Å². The van der Waals surface area contributed by atoms with Gasteiger partial charge in [0.2, 0.25) is 5.91 Å². The van der Waals surface area contributed by atoms with Crippen LogP contribution in [0.1, 0.15) is 36.1 Å². The summed E-state index contributed by atoms with van der Waals surface area (Å²) >= 11 is 6.33. The maximum Gasteiger partial charge on any atom is 0.373 e. The van der Waals surface area contributed by atoms with Gasteiger partial charge in [0.1, 0.15) is 11.4 Å². The smallest absolute Gasteiger partial charge is 0.373 e. The van der Waals surface area contributed by atoms with Crippen LogP contribution in [-0.2, 0) is 27.2 Å². The number of halogens is 1. The van der Waals surface area contributed by atoms with Crippen molar-refractivity contribution in [3.63, 3.8) is 0 Å². The van der Waals surface area contributed by atoms with E-state index in [1.165, 1.54) is 5.56 Å². The predicted octanol–water partition coefficient (Wildman–Crippen LogP) is 3.39. The predicted molar refractivity (Wildman–Crippen MR) is 107 cm³/mol. The molecule has 2 aliphatic heterocycles. The normalized spacial score (nSPS) is 16.7. The van der Waals surface area contributed by atoms with E-state index < -0.39 is 0 Å². The van der Waals surface area contributed by atoms with Gasteiger partial charge in [0.05, 0.1) is 11.4 Å². The Morgan fingerprint density at radius 1 is 1.24 bits per heavy atom. The van der Waals surface area contributed by atoms with Crippen molar-refractivity contribution in [1.82, 2.24) is 9.88 Å². The summed E-state index contributed by atoms with van der Waals surface area (Å²) in [4.78, 5) is 35.1. The zero-order valence-electron chi connectivity index (χ0n) is 16.3. The number of likely N-dealkylation sites (tertiary alicyclic amines) is 1. The highest BCUT2D eigenvalue weighted by Crippen LogP contribution is 2.42. The monoisotopic (exact) mass is 414 g/mol. The van der Waals surface area contributed by atoms with Crippen molar-refractivity contribution in [3.8, 4) is 5.75 Å². The first-order chi connectivity index (χ1) is 14.0. The number of aryl methyl sites for hydroxylation is 2. The number of piperidine rings is 1. The molecule has 1 saturated heterocycles. The Morgan fingerprint density at radius 2 is 1.97 bits per heavy atom. The molecule has 29 heavy (non-hydrogen) atoms. The van der Waals surface area contributed by atoms with Gasteiger partial charge >= 0.3 is 6.15 Å². The summed E-state index contributed by atoms with van der Waals surface area (Å²) in [5, 5.41) is 0.686. The van der Waals surface area contributed by atoms with Gasteiger partial charge < -0.3 is 9.64 Å². The molecule has 0 unspecified atom stereocenters. The first-order valence-electron chi connectivity index (χ1n) is 9.61. The molecule has 1 amide bonds. The fourth-order valence-corrected chi connectivity index (χ4v) is 4.21. The number of hydrogen-bond acceptors (Lipinski definition) is 5. The summed E-state index contributed by atoms with van der Waals surface area (Å²) in [6.07, 6.45) is 6.05. The first kappa shape index (κ1) is 21.0. The second-order valence-electron chi connectivity index (χ2n) is 7.48. The molecule has 2 aromatic rings. The number of hydrogen-bond donors (Lipinski definition) is 0. The van der Waals surface area contributed by atoms with Crippen LogP contribution in [0.25, 0.3) is 0 Å². The highest BCUT2D eigenvalue weighted by molar-refractivity contribution is 6.32. The number of amides is 1. The highest BCUT2D eigenvalue weighted by Gasteiger charge is 2.40. The molecule has 1 fully saturated rings. The van der Waals surface area contributed by atoms with Crippen LogP contribution in [0.4, 0.5) is 0 Å². The largest absolute Gasteiger partial charge is 0.485 e. The summed E-state index contributed by atoms with van der Waals surface area (Å²) in [5.41, 5.74) is 2.97. The lowest BCUT2D eigenvalue weighted by Gasteiger charge is -2.44. The highest BCUT2D eigenvalue weighted by atomic mass is 35.5. The number of para-hydroxylation sites is 1. The molecule has 7 heteroatoms. The van der Waals surface area contributed by atoms with Crippen LogP contribution in [0.15, 0.2) is 36.5 Å². The molecule has 4 rings (SSSR count). The van der Waals surface area contributed by atoms with Crippen LogP contribution in [0.2, 0.25) is 5.02 Å². The topological polar surface area (TPSA) is 76.6 Å². The average molecular weight is 415 g/mol. The van der Waals surface area contributed by atoms with Crippen LogP contribution in [-0.4, -0.2) is 40.6 Å². The Balaban J connectivity index is 0.000000755. The van der Waals surface area contributed by atoms with Crippen molar-refractivity contribution in [2.45, 2.75) is 44.6 Å². The second-order valence-corrected chi connectivity index (χ2v) is 7.89. The van der Waals surface area contributed by atoms with E-state index >= 15 is 0 Å². The molecule has 0 saturated carbocycles. The van der Waals surface area contributed by atoms with Gasteiger partial charge in [-0.1, -0.05) is 23.7 Å². The number of nitrogens with zero attached hydrogens (tertiary/aromatic N) is 2. The lowest BCUT2D eigenvalue weighted by Crippen LogP contribution is -2.51. The van der Waals surface area contributed by atoms with E-state index in [0.29, 0.717) is 11.4 Å². The lowest BCUT2D eigenvalue weighted by molar-refractivity contribution is -0.191. The maximum absolute atomic E-state index is 12.6. The molecule has 0 radical (unpaired) electrons. The summed E-state index contributed by atoms with van der Waals surface area (Å²) in [6, 6.07) is 9.87. The first-order valence-corrected chi connectivity index (χ1v) is 9.99. The van der Waals surface area contributed by atoms with Crippen LogP contribution < -0.4 is 4.74 Å². The van der Waals surface area contributed by atoms with Crippen molar-refractivity contribution < 1.29 is 19.1 Å². The zero-order valence-corrected chi connectivity index (χ0v) is 17.1. The van der Waals surface area contributed by atoms with Gasteiger partial charge in [-0.25, -0.2) is 0 Å². The third-order valence-corrected chi connectivity index (χ3v) is 5.85. The van der Waals surface area contributed by atoms with E-state index in [-0.39, 0.29) is 17.7 Å². The zero-order chi connectivity index (χ0) is 20.9. The van der Waals surface area contributed by atoms with E-state index in [2.05, 4.69) is 11.1 Å². The molecule has 1 aromatic heterocycles. The summed E-state index contributed by atoms with van der Waals surface area (Å²) < 4.78 is 6.37. The standard InChI is InChI=1S/C21H23ClN2O2.CO2/c1-15-6-10-23-17(13-15)14-19(25)24-11-8-21(9-12-24)7-5-16-3-2-4-18(22)20(16)26-21;2-1-3/h2-4,6,10,13H,5,7-9,11-12,14H2,1H3;. The number of carbonyl (C=O) groups is 1. The van der Waals surface area contributed by atoms with E-state index in [1.54, 1.807) is 6.20 Å². The number of pyridine rings is 1. The van der Waals surface area contributed by atoms with E-state index in [9.17, 15) is 4.79 Å². The Kier molecular flexibility index (Phi) is 6.68. The Labute approximate surface area is 174 Å². The van der Waals surface area contributed by atoms with Crippen LogP contribution in [0, 0.1) is 6.92 Å². The van der Waals surface area contributed by atoms with E-state index in [4.69, 9.17) is 25.9 Å². The fourth-order valence-electron chi connectivity index (χ4n) is 3.97. The van der Waals surface area contributed by atoms with Gasteiger partial charge in [-0.05, 0) is 49.1 Å². The van der Waals surface area contributed by atoms with Gasteiger partial charge in [0.25, 0.3) is 0 Å². The molecular weight excluding hydrogens is 392 g/mol. The Morgan fingerprint density at radius 3 is 2.66 bits per heavy atom. The van der Waals surface area contributed by atoms with Gasteiger partial charge in [-0.15, -0.1) is 0 Å². The van der Waals surface area contributed by atoms with Gasteiger partial charge in [0, 0.05) is 37.8 Å². The minimum atomic E-state index is -0.184. The minimum absolute atomic E-state index is 0.146. The molecule has 3 heterocycles. The number of aromatic nitrogens is 1. The third kappa shape index (κ3) is 5.03. The molecule has 1 aromatic carbocycles. The van der Waals surface area contributed by atoms with E-state index in [1.807, 2.05) is 36.1 Å². The maximum atomic E-state index is 12.6. The molecule has 152 valence electrons. The van der Waals surface area contributed by atoms with Crippen molar-refractivity contribution in [1.29, 1.82) is 0 Å². The lowest BCUT2D eigenvalue weighted by atomic mass is 9.83. The van der Waals surface area contributed by atoms with Gasteiger partial charge in [-0.2, -0.15) is 9.59 Å². The molecule has 1 spiro atoms.